The van der Waals surface area contributed by atoms with Crippen LogP contribution in [0.3, 0.4) is 0 Å². The molecule has 22 heavy (non-hydrogen) atoms. The zero-order valence-electron chi connectivity index (χ0n) is 14.2. The molecule has 0 atom stereocenters. The molecule has 0 amide bonds. The lowest BCUT2D eigenvalue weighted by atomic mass is 10.2. The van der Waals surface area contributed by atoms with Gasteiger partial charge in [-0.3, -0.25) is 10.1 Å². The lowest BCUT2D eigenvalue weighted by Crippen LogP contribution is -2.41. The number of hydrogen-bond donors (Lipinski definition) is 0. The van der Waals surface area contributed by atoms with E-state index in [2.05, 4.69) is 33.9 Å². The first-order valence-electron chi connectivity index (χ1n) is 7.65. The third kappa shape index (κ3) is 5.42. The smallest absolute Gasteiger partial charge is 0.310 e. The van der Waals surface area contributed by atoms with Crippen molar-refractivity contribution in [1.82, 2.24) is 0 Å². The maximum absolute atomic E-state index is 10.9. The minimum Gasteiger partial charge on any atom is -0.487 e. The van der Waals surface area contributed by atoms with Gasteiger partial charge in [0.1, 0.15) is 0 Å². The normalized spacial score (nSPS) is 12.2. The Morgan fingerprint density at radius 2 is 1.73 bits per heavy atom. The Hall–Kier alpha value is -1.40. The molecule has 0 radical (unpaired) electrons. The van der Waals surface area contributed by atoms with Gasteiger partial charge in [-0.15, -0.1) is 0 Å². The highest BCUT2D eigenvalue weighted by Crippen LogP contribution is 2.36. The molecular formula is C16H27NO4Si. The Morgan fingerprint density at radius 3 is 2.32 bits per heavy atom. The van der Waals surface area contributed by atoms with Crippen molar-refractivity contribution < 1.29 is 14.1 Å². The number of ether oxygens (including phenoxy) is 1. The monoisotopic (exact) mass is 325 g/mol. The second-order valence-electron chi connectivity index (χ2n) is 6.89. The topological polar surface area (TPSA) is 61.6 Å². The van der Waals surface area contributed by atoms with Crippen LogP contribution in [0.4, 0.5) is 5.69 Å². The van der Waals surface area contributed by atoms with Crippen molar-refractivity contribution in [2.45, 2.75) is 51.7 Å². The van der Waals surface area contributed by atoms with Crippen molar-refractivity contribution in [1.29, 1.82) is 0 Å². The van der Waals surface area contributed by atoms with E-state index in [1.54, 1.807) is 18.2 Å². The first-order chi connectivity index (χ1) is 10.1. The van der Waals surface area contributed by atoms with Crippen LogP contribution in [0, 0.1) is 10.1 Å². The zero-order chi connectivity index (χ0) is 16.8. The molecule has 0 aliphatic rings. The van der Waals surface area contributed by atoms with Crippen molar-refractivity contribution >= 4 is 14.0 Å². The summed E-state index contributed by atoms with van der Waals surface area (Å²) in [4.78, 5) is 10.5. The second-order valence-corrected chi connectivity index (χ2v) is 11.7. The van der Waals surface area contributed by atoms with E-state index in [9.17, 15) is 10.1 Å². The third-order valence-corrected chi connectivity index (χ3v) is 8.67. The summed E-state index contributed by atoms with van der Waals surface area (Å²) in [6.45, 7) is 12.3. The Morgan fingerprint density at radius 1 is 1.14 bits per heavy atom. The largest absolute Gasteiger partial charge is 0.487 e. The number of hydrogen-bond acceptors (Lipinski definition) is 4. The number of nitro groups is 1. The molecule has 1 aromatic carbocycles. The van der Waals surface area contributed by atoms with Crippen molar-refractivity contribution in [3.05, 3.63) is 34.4 Å². The summed E-state index contributed by atoms with van der Waals surface area (Å²) in [7, 11) is -1.68. The molecule has 5 nitrogen and oxygen atoms in total. The first-order valence-corrected chi connectivity index (χ1v) is 10.6. The van der Waals surface area contributed by atoms with Crippen LogP contribution in [0.5, 0.6) is 5.75 Å². The van der Waals surface area contributed by atoms with E-state index >= 15 is 0 Å². The number of nitrogens with zero attached hydrogens (tertiary/aromatic N) is 1. The van der Waals surface area contributed by atoms with Gasteiger partial charge in [0, 0.05) is 12.7 Å². The SMILES string of the molecule is CC(C)(C)[Si](C)(C)OCCCCOc1ccccc1[N+](=O)[O-]. The summed E-state index contributed by atoms with van der Waals surface area (Å²) < 4.78 is 11.6. The van der Waals surface area contributed by atoms with Crippen LogP contribution in [-0.4, -0.2) is 26.5 Å². The highest BCUT2D eigenvalue weighted by atomic mass is 28.4. The van der Waals surface area contributed by atoms with Crippen LogP contribution < -0.4 is 4.74 Å². The second kappa shape index (κ2) is 7.74. The molecule has 0 heterocycles. The van der Waals surface area contributed by atoms with Crippen molar-refractivity contribution in [3.8, 4) is 5.75 Å². The van der Waals surface area contributed by atoms with Crippen LogP contribution in [-0.2, 0) is 4.43 Å². The lowest BCUT2D eigenvalue weighted by Gasteiger charge is -2.36. The van der Waals surface area contributed by atoms with Gasteiger partial charge in [-0.05, 0) is 37.0 Å². The average molecular weight is 325 g/mol. The predicted molar refractivity (Wildman–Crippen MR) is 91.0 cm³/mol. The quantitative estimate of drug-likeness (QED) is 0.299. The van der Waals surface area contributed by atoms with Crippen molar-refractivity contribution in [2.75, 3.05) is 13.2 Å². The van der Waals surface area contributed by atoms with E-state index in [1.165, 1.54) is 6.07 Å². The molecule has 0 fully saturated rings. The highest BCUT2D eigenvalue weighted by Gasteiger charge is 2.36. The maximum Gasteiger partial charge on any atom is 0.310 e. The third-order valence-electron chi connectivity index (χ3n) is 4.13. The molecule has 0 aliphatic heterocycles. The summed E-state index contributed by atoms with van der Waals surface area (Å²) in [5.74, 6) is 0.331. The van der Waals surface area contributed by atoms with Crippen LogP contribution >= 0.6 is 0 Å². The Kier molecular flexibility index (Phi) is 6.56. The number of benzene rings is 1. The molecule has 0 unspecified atom stereocenters. The number of para-hydroxylation sites is 2. The Balaban J connectivity index is 2.31. The number of unbranched alkanes of at least 4 members (excludes halogenated alkanes) is 1. The van der Waals surface area contributed by atoms with Gasteiger partial charge in [-0.1, -0.05) is 32.9 Å². The lowest BCUT2D eigenvalue weighted by molar-refractivity contribution is -0.385. The first kappa shape index (κ1) is 18.6. The maximum atomic E-state index is 10.9. The van der Waals surface area contributed by atoms with E-state index < -0.39 is 13.2 Å². The van der Waals surface area contributed by atoms with Gasteiger partial charge < -0.3 is 9.16 Å². The molecule has 0 aliphatic carbocycles. The minimum absolute atomic E-state index is 0.0139. The Labute approximate surface area is 133 Å². The average Bonchev–Trinajstić information content (AvgIpc) is 2.41. The Bertz CT molecular complexity index is 497. The molecule has 0 spiro atoms. The van der Waals surface area contributed by atoms with E-state index in [-0.39, 0.29) is 10.7 Å². The van der Waals surface area contributed by atoms with E-state index in [0.717, 1.165) is 19.4 Å². The summed E-state index contributed by atoms with van der Waals surface area (Å²) in [6.07, 6.45) is 1.72. The molecule has 1 aromatic rings. The summed E-state index contributed by atoms with van der Waals surface area (Å²) in [6, 6.07) is 6.46. The van der Waals surface area contributed by atoms with E-state index in [1.807, 2.05) is 0 Å². The fraction of sp³-hybridized carbons (Fsp3) is 0.625. The molecule has 1 rings (SSSR count). The van der Waals surface area contributed by atoms with Gasteiger partial charge in [0.05, 0.1) is 11.5 Å². The molecular weight excluding hydrogens is 298 g/mol. The van der Waals surface area contributed by atoms with Gasteiger partial charge in [0.2, 0.25) is 0 Å². The van der Waals surface area contributed by atoms with Crippen LogP contribution in [0.25, 0.3) is 0 Å². The van der Waals surface area contributed by atoms with Gasteiger partial charge in [0.15, 0.2) is 14.1 Å². The van der Waals surface area contributed by atoms with E-state index in [0.29, 0.717) is 12.4 Å². The van der Waals surface area contributed by atoms with Gasteiger partial charge in [0.25, 0.3) is 0 Å². The molecule has 0 saturated carbocycles. The molecule has 0 aromatic heterocycles. The molecule has 0 N–H and O–H groups in total. The minimum atomic E-state index is -1.68. The fourth-order valence-corrected chi connectivity index (χ4v) is 2.75. The van der Waals surface area contributed by atoms with Crippen LogP contribution in [0.1, 0.15) is 33.6 Å². The molecule has 6 heteroatoms. The fourth-order valence-electron chi connectivity index (χ4n) is 1.66. The van der Waals surface area contributed by atoms with Crippen molar-refractivity contribution in [3.63, 3.8) is 0 Å². The summed E-state index contributed by atoms with van der Waals surface area (Å²) in [5, 5.41) is 11.1. The van der Waals surface area contributed by atoms with E-state index in [4.69, 9.17) is 9.16 Å². The highest BCUT2D eigenvalue weighted by molar-refractivity contribution is 6.74. The van der Waals surface area contributed by atoms with Gasteiger partial charge >= 0.3 is 5.69 Å². The molecule has 124 valence electrons. The summed E-state index contributed by atoms with van der Waals surface area (Å²) in [5.41, 5.74) is 0.0139. The zero-order valence-corrected chi connectivity index (χ0v) is 15.2. The van der Waals surface area contributed by atoms with Crippen molar-refractivity contribution in [2.24, 2.45) is 0 Å². The number of nitro benzene ring substituents is 1. The van der Waals surface area contributed by atoms with Gasteiger partial charge in [-0.25, -0.2) is 0 Å². The summed E-state index contributed by atoms with van der Waals surface area (Å²) >= 11 is 0. The van der Waals surface area contributed by atoms with Crippen LogP contribution in [0.15, 0.2) is 24.3 Å². The van der Waals surface area contributed by atoms with Crippen LogP contribution in [0.2, 0.25) is 18.1 Å². The standard InChI is InChI=1S/C16H27NO4Si/c1-16(2,3)22(4,5)21-13-9-8-12-20-15-11-7-6-10-14(15)17(18)19/h6-7,10-11H,8-9,12-13H2,1-5H3. The van der Waals surface area contributed by atoms with Gasteiger partial charge in [-0.2, -0.15) is 0 Å². The number of rotatable bonds is 8. The molecule has 0 saturated heterocycles. The predicted octanol–water partition coefficient (Wildman–Crippen LogP) is 4.78. The molecule has 0 bridgehead atoms.